The number of aromatic nitrogens is 4. The molecular weight excluding hydrogens is 302 g/mol. The van der Waals surface area contributed by atoms with E-state index in [1.165, 1.54) is 11.8 Å². The number of hydrogen-bond acceptors (Lipinski definition) is 4. The van der Waals surface area contributed by atoms with E-state index < -0.39 is 0 Å². The first-order valence-corrected chi connectivity index (χ1v) is 8.10. The number of H-pyrrole nitrogens is 1. The maximum atomic E-state index is 12.5. The molecule has 1 aromatic carbocycles. The molecule has 2 heterocycles. The lowest BCUT2D eigenvalue weighted by Gasteiger charge is -2.19. The van der Waals surface area contributed by atoms with Gasteiger partial charge in [0, 0.05) is 25.7 Å². The van der Waals surface area contributed by atoms with Gasteiger partial charge in [-0.2, -0.15) is 0 Å². The first-order chi connectivity index (χ1) is 11.6. The van der Waals surface area contributed by atoms with Gasteiger partial charge in [-0.25, -0.2) is 9.97 Å². The molecule has 0 aliphatic rings. The Morgan fingerprint density at radius 1 is 1.21 bits per heavy atom. The van der Waals surface area contributed by atoms with Crippen LogP contribution in [-0.2, 0) is 6.42 Å². The van der Waals surface area contributed by atoms with Gasteiger partial charge in [-0.15, -0.1) is 0 Å². The Morgan fingerprint density at radius 3 is 2.75 bits per heavy atom. The summed E-state index contributed by atoms with van der Waals surface area (Å²) in [6.07, 6.45) is 3.82. The quantitative estimate of drug-likeness (QED) is 0.783. The smallest absolute Gasteiger partial charge is 0.274 e. The van der Waals surface area contributed by atoms with E-state index in [4.69, 9.17) is 0 Å². The van der Waals surface area contributed by atoms with Crippen molar-refractivity contribution in [2.45, 2.75) is 27.2 Å². The number of fused-ring (bicyclic) bond motifs is 1. The number of carbonyl (C=O) groups excluding carboxylic acids is 1. The third-order valence-electron chi connectivity index (χ3n) is 3.97. The third kappa shape index (κ3) is 3.42. The van der Waals surface area contributed by atoms with Crippen molar-refractivity contribution in [1.29, 1.82) is 0 Å². The van der Waals surface area contributed by atoms with Crippen LogP contribution in [0.1, 0.15) is 34.5 Å². The predicted molar refractivity (Wildman–Crippen MR) is 92.9 cm³/mol. The summed E-state index contributed by atoms with van der Waals surface area (Å²) in [4.78, 5) is 30.5. The van der Waals surface area contributed by atoms with Crippen LogP contribution < -0.4 is 0 Å². The molecule has 0 aliphatic carbocycles. The van der Waals surface area contributed by atoms with Gasteiger partial charge < -0.3 is 9.88 Å². The van der Waals surface area contributed by atoms with Gasteiger partial charge in [0.05, 0.1) is 22.9 Å². The monoisotopic (exact) mass is 323 g/mol. The molecule has 0 unspecified atom stereocenters. The summed E-state index contributed by atoms with van der Waals surface area (Å²) in [6.45, 7) is 7.07. The second-order valence-electron chi connectivity index (χ2n) is 5.88. The lowest BCUT2D eigenvalue weighted by molar-refractivity contribution is 0.0759. The molecule has 6 nitrogen and oxygen atoms in total. The molecule has 0 bridgehead atoms. The first-order valence-electron chi connectivity index (χ1n) is 8.10. The fourth-order valence-electron chi connectivity index (χ4n) is 2.60. The topological polar surface area (TPSA) is 74.8 Å². The SMILES string of the molecule is CCN(CCc1nc2ccc(C)cc2[nH]1)C(=O)c1cnc(C)cn1. The lowest BCUT2D eigenvalue weighted by Crippen LogP contribution is -2.33. The molecule has 3 rings (SSSR count). The Balaban J connectivity index is 1.70. The molecule has 1 N–H and O–H groups in total. The number of nitrogens with zero attached hydrogens (tertiary/aromatic N) is 4. The molecule has 0 aliphatic heterocycles. The minimum atomic E-state index is -0.100. The summed E-state index contributed by atoms with van der Waals surface area (Å²) in [5.41, 5.74) is 4.36. The molecule has 2 aromatic heterocycles. The van der Waals surface area contributed by atoms with Crippen LogP contribution in [0.5, 0.6) is 0 Å². The summed E-state index contributed by atoms with van der Waals surface area (Å²) in [5, 5.41) is 0. The van der Waals surface area contributed by atoms with Gasteiger partial charge in [-0.1, -0.05) is 6.07 Å². The number of aromatic amines is 1. The van der Waals surface area contributed by atoms with Gasteiger partial charge in [0.1, 0.15) is 11.5 Å². The number of rotatable bonds is 5. The van der Waals surface area contributed by atoms with Crippen molar-refractivity contribution in [3.63, 3.8) is 0 Å². The van der Waals surface area contributed by atoms with Crippen molar-refractivity contribution in [3.05, 3.63) is 53.4 Å². The van der Waals surface area contributed by atoms with Gasteiger partial charge in [-0.05, 0) is 38.5 Å². The standard InChI is InChI=1S/C18H21N5O/c1-4-23(18(24)16-11-19-13(3)10-20-16)8-7-17-21-14-6-5-12(2)9-15(14)22-17/h5-6,9-11H,4,7-8H2,1-3H3,(H,21,22). The Hall–Kier alpha value is -2.76. The average Bonchev–Trinajstić information content (AvgIpc) is 2.97. The molecule has 6 heteroatoms. The lowest BCUT2D eigenvalue weighted by atomic mass is 10.2. The minimum absolute atomic E-state index is 0.100. The van der Waals surface area contributed by atoms with Crippen molar-refractivity contribution in [1.82, 2.24) is 24.8 Å². The summed E-state index contributed by atoms with van der Waals surface area (Å²) >= 11 is 0. The summed E-state index contributed by atoms with van der Waals surface area (Å²) in [6, 6.07) is 6.14. The van der Waals surface area contributed by atoms with Crippen molar-refractivity contribution in [2.75, 3.05) is 13.1 Å². The van der Waals surface area contributed by atoms with Crippen molar-refractivity contribution in [2.24, 2.45) is 0 Å². The fraction of sp³-hybridized carbons (Fsp3) is 0.333. The highest BCUT2D eigenvalue weighted by molar-refractivity contribution is 5.92. The second kappa shape index (κ2) is 6.78. The molecule has 0 spiro atoms. The Labute approximate surface area is 141 Å². The normalized spacial score (nSPS) is 11.0. The molecular formula is C18H21N5O. The van der Waals surface area contributed by atoms with Crippen molar-refractivity contribution >= 4 is 16.9 Å². The van der Waals surface area contributed by atoms with E-state index in [1.807, 2.05) is 26.0 Å². The molecule has 0 atom stereocenters. The van der Waals surface area contributed by atoms with E-state index in [0.29, 0.717) is 25.2 Å². The molecule has 0 radical (unpaired) electrons. The second-order valence-corrected chi connectivity index (χ2v) is 5.88. The van der Waals surface area contributed by atoms with Crippen LogP contribution in [0, 0.1) is 13.8 Å². The highest BCUT2D eigenvalue weighted by Crippen LogP contribution is 2.14. The molecule has 1 amide bonds. The Morgan fingerprint density at radius 2 is 2.04 bits per heavy atom. The summed E-state index contributed by atoms with van der Waals surface area (Å²) in [5.74, 6) is 0.786. The van der Waals surface area contributed by atoms with E-state index in [9.17, 15) is 4.79 Å². The highest BCUT2D eigenvalue weighted by atomic mass is 16.2. The molecule has 0 saturated carbocycles. The maximum absolute atomic E-state index is 12.5. The zero-order valence-electron chi connectivity index (χ0n) is 14.2. The van der Waals surface area contributed by atoms with E-state index in [2.05, 4.69) is 32.9 Å². The van der Waals surface area contributed by atoms with Gasteiger partial charge in [0.25, 0.3) is 5.91 Å². The van der Waals surface area contributed by atoms with Gasteiger partial charge in [0.15, 0.2) is 0 Å². The predicted octanol–water partition coefficient (Wildman–Crippen LogP) is 2.67. The van der Waals surface area contributed by atoms with E-state index in [1.54, 1.807) is 11.1 Å². The molecule has 24 heavy (non-hydrogen) atoms. The minimum Gasteiger partial charge on any atom is -0.342 e. The Kier molecular flexibility index (Phi) is 4.55. The van der Waals surface area contributed by atoms with Gasteiger partial charge in [0.2, 0.25) is 0 Å². The number of hydrogen-bond donors (Lipinski definition) is 1. The van der Waals surface area contributed by atoms with Crippen LogP contribution in [0.25, 0.3) is 11.0 Å². The zero-order chi connectivity index (χ0) is 17.1. The first kappa shape index (κ1) is 16.1. The number of aryl methyl sites for hydroxylation is 2. The number of amides is 1. The molecule has 0 fully saturated rings. The van der Waals surface area contributed by atoms with Crippen LogP contribution in [-0.4, -0.2) is 43.8 Å². The van der Waals surface area contributed by atoms with Crippen molar-refractivity contribution in [3.8, 4) is 0 Å². The number of carbonyl (C=O) groups is 1. The van der Waals surface area contributed by atoms with E-state index in [-0.39, 0.29) is 5.91 Å². The molecule has 0 saturated heterocycles. The van der Waals surface area contributed by atoms with E-state index in [0.717, 1.165) is 22.6 Å². The molecule has 3 aromatic rings. The van der Waals surface area contributed by atoms with Crippen LogP contribution in [0.4, 0.5) is 0 Å². The van der Waals surface area contributed by atoms with Crippen LogP contribution in [0.3, 0.4) is 0 Å². The highest BCUT2D eigenvalue weighted by Gasteiger charge is 2.16. The van der Waals surface area contributed by atoms with Crippen LogP contribution in [0.15, 0.2) is 30.6 Å². The number of nitrogens with one attached hydrogen (secondary N) is 1. The largest absolute Gasteiger partial charge is 0.342 e. The summed E-state index contributed by atoms with van der Waals surface area (Å²) in [7, 11) is 0. The van der Waals surface area contributed by atoms with Crippen LogP contribution >= 0.6 is 0 Å². The van der Waals surface area contributed by atoms with Crippen molar-refractivity contribution < 1.29 is 4.79 Å². The fourth-order valence-corrected chi connectivity index (χ4v) is 2.60. The summed E-state index contributed by atoms with van der Waals surface area (Å²) < 4.78 is 0. The number of likely N-dealkylation sites (N-methyl/N-ethyl adjacent to an activating group) is 1. The molecule has 124 valence electrons. The number of benzene rings is 1. The van der Waals surface area contributed by atoms with Crippen LogP contribution in [0.2, 0.25) is 0 Å². The van der Waals surface area contributed by atoms with Gasteiger partial charge >= 0.3 is 0 Å². The average molecular weight is 323 g/mol. The third-order valence-corrected chi connectivity index (χ3v) is 3.97. The van der Waals surface area contributed by atoms with Gasteiger partial charge in [-0.3, -0.25) is 9.78 Å². The maximum Gasteiger partial charge on any atom is 0.274 e. The van der Waals surface area contributed by atoms with E-state index >= 15 is 0 Å². The Bertz CT molecular complexity index is 853. The zero-order valence-corrected chi connectivity index (χ0v) is 14.2. The number of imidazole rings is 1.